The second kappa shape index (κ2) is 7.08. The Morgan fingerprint density at radius 2 is 1.82 bits per heavy atom. The number of amides is 1. The molecule has 0 bridgehead atoms. The van der Waals surface area contributed by atoms with Crippen LogP contribution in [-0.2, 0) is 10.7 Å². The molecule has 3 heterocycles. The number of hydrogen-bond acceptors (Lipinski definition) is 7. The molecule has 4 aromatic rings. The number of benzene rings is 1. The molecule has 9 nitrogen and oxygen atoms in total. The minimum Gasteiger partial charge on any atom is -0.382 e. The van der Waals surface area contributed by atoms with E-state index in [1.165, 1.54) is 18.3 Å². The topological polar surface area (TPSA) is 144 Å². The highest BCUT2D eigenvalue weighted by Gasteiger charge is 2.16. The van der Waals surface area contributed by atoms with Crippen LogP contribution in [0.15, 0.2) is 59.8 Å². The predicted octanol–water partition coefficient (Wildman–Crippen LogP) is 1.82. The number of nitrogens with two attached hydrogens (primary N) is 1. The molecule has 4 rings (SSSR count). The van der Waals surface area contributed by atoms with Crippen molar-refractivity contribution in [1.29, 1.82) is 0 Å². The normalized spacial score (nSPS) is 11.0. The van der Waals surface area contributed by atoms with Crippen LogP contribution in [0.3, 0.4) is 0 Å². The lowest BCUT2D eigenvalue weighted by Crippen LogP contribution is -2.18. The van der Waals surface area contributed by atoms with Gasteiger partial charge in [-0.2, -0.15) is 0 Å². The maximum absolute atomic E-state index is 12.6. The molecule has 0 unspecified atom stereocenters. The van der Waals surface area contributed by atoms with E-state index in [4.69, 9.17) is 5.73 Å². The number of H-pyrrole nitrogens is 1. The van der Waals surface area contributed by atoms with Crippen molar-refractivity contribution in [2.75, 3.05) is 11.1 Å². The molecular weight excluding hydrogens is 380 g/mol. The maximum Gasteiger partial charge on any atom is 0.279 e. The van der Waals surface area contributed by atoms with Crippen LogP contribution in [0, 0.1) is 0 Å². The fraction of sp³-hybridized carbons (Fsp3) is 0. The molecule has 0 fully saturated rings. The molecule has 0 aliphatic heterocycles. The van der Waals surface area contributed by atoms with Gasteiger partial charge in [0.1, 0.15) is 11.5 Å². The van der Waals surface area contributed by atoms with Gasteiger partial charge < -0.3 is 16.0 Å². The van der Waals surface area contributed by atoms with Crippen LogP contribution in [0.2, 0.25) is 0 Å². The van der Waals surface area contributed by atoms with Crippen LogP contribution in [0.5, 0.6) is 0 Å². The Kier molecular flexibility index (Phi) is 4.45. The zero-order chi connectivity index (χ0) is 19.7. The zero-order valence-corrected chi connectivity index (χ0v) is 15.2. The third-order valence-corrected chi connectivity index (χ3v) is 4.76. The quantitative estimate of drug-likeness (QED) is 0.387. The van der Waals surface area contributed by atoms with Gasteiger partial charge >= 0.3 is 0 Å². The summed E-state index contributed by atoms with van der Waals surface area (Å²) in [4.78, 5) is 28.4. The first-order chi connectivity index (χ1) is 13.5. The lowest BCUT2D eigenvalue weighted by molar-refractivity contribution is 0.102. The Labute approximate surface area is 160 Å². The van der Waals surface area contributed by atoms with E-state index in [2.05, 4.69) is 25.3 Å². The van der Waals surface area contributed by atoms with Crippen molar-refractivity contribution in [2.45, 2.75) is 4.90 Å². The fourth-order valence-corrected chi connectivity index (χ4v) is 3.03. The first-order valence-corrected chi connectivity index (χ1v) is 9.32. The predicted molar refractivity (Wildman–Crippen MR) is 105 cm³/mol. The Bertz CT molecular complexity index is 1260. The molecule has 28 heavy (non-hydrogen) atoms. The van der Waals surface area contributed by atoms with Crippen molar-refractivity contribution < 1.29 is 13.2 Å². The van der Waals surface area contributed by atoms with E-state index in [-0.39, 0.29) is 16.4 Å². The molecule has 3 aromatic heterocycles. The molecule has 10 heteroatoms. The van der Waals surface area contributed by atoms with E-state index in [0.29, 0.717) is 22.7 Å². The summed E-state index contributed by atoms with van der Waals surface area (Å²) in [5.41, 5.74) is 7.40. The number of fused-ring (bicyclic) bond motifs is 1. The van der Waals surface area contributed by atoms with Gasteiger partial charge in [0, 0.05) is 17.1 Å². The largest absolute Gasteiger partial charge is 0.382 e. The van der Waals surface area contributed by atoms with Crippen LogP contribution in [0.25, 0.3) is 22.3 Å². The van der Waals surface area contributed by atoms with Crippen molar-refractivity contribution in [3.05, 3.63) is 60.6 Å². The second-order valence-electron chi connectivity index (χ2n) is 5.86. The molecule has 140 valence electrons. The molecule has 1 amide bonds. The van der Waals surface area contributed by atoms with Gasteiger partial charge in [-0.1, -0.05) is 12.1 Å². The van der Waals surface area contributed by atoms with Crippen LogP contribution < -0.4 is 11.1 Å². The number of pyridine rings is 1. The van der Waals surface area contributed by atoms with Crippen molar-refractivity contribution in [3.8, 4) is 11.3 Å². The van der Waals surface area contributed by atoms with Gasteiger partial charge in [-0.05, 0) is 30.3 Å². The summed E-state index contributed by atoms with van der Waals surface area (Å²) in [6.45, 7) is 0. The van der Waals surface area contributed by atoms with Gasteiger partial charge in [0.2, 0.25) is 0 Å². The van der Waals surface area contributed by atoms with Crippen LogP contribution >= 0.6 is 0 Å². The molecule has 0 saturated carbocycles. The molecular formula is C18H14N6O3S. The van der Waals surface area contributed by atoms with Gasteiger partial charge in [0.25, 0.3) is 5.91 Å². The average Bonchev–Trinajstić information content (AvgIpc) is 3.16. The highest BCUT2D eigenvalue weighted by molar-refractivity contribution is 7.72. The number of aromatic amines is 1. The molecule has 0 radical (unpaired) electrons. The summed E-state index contributed by atoms with van der Waals surface area (Å²) in [5.74, 6) is -0.235. The molecule has 4 N–H and O–H groups in total. The minimum absolute atomic E-state index is 0.0264. The number of carbonyl (C=O) groups is 1. The number of nitrogens with zero attached hydrogens (tertiary/aromatic N) is 3. The van der Waals surface area contributed by atoms with E-state index < -0.39 is 16.6 Å². The van der Waals surface area contributed by atoms with Gasteiger partial charge in [-0.15, -0.1) is 0 Å². The lowest BCUT2D eigenvalue weighted by atomic mass is 10.1. The third-order valence-electron chi connectivity index (χ3n) is 4.04. The van der Waals surface area contributed by atoms with Crippen molar-refractivity contribution >= 4 is 39.3 Å². The number of thiol groups is 1. The Morgan fingerprint density at radius 1 is 1.04 bits per heavy atom. The molecule has 0 saturated heterocycles. The summed E-state index contributed by atoms with van der Waals surface area (Å²) < 4.78 is 22.0. The van der Waals surface area contributed by atoms with E-state index in [1.807, 2.05) is 12.1 Å². The monoisotopic (exact) mass is 394 g/mol. The highest BCUT2D eigenvalue weighted by atomic mass is 32.2. The average molecular weight is 394 g/mol. The van der Waals surface area contributed by atoms with Gasteiger partial charge in [-0.3, -0.25) is 4.79 Å². The highest BCUT2D eigenvalue weighted by Crippen LogP contribution is 2.20. The first-order valence-electron chi connectivity index (χ1n) is 8.14. The summed E-state index contributed by atoms with van der Waals surface area (Å²) in [7, 11) is -2.67. The van der Waals surface area contributed by atoms with Crippen LogP contribution in [0.1, 0.15) is 10.5 Å². The molecule has 0 spiro atoms. The minimum atomic E-state index is -2.67. The zero-order valence-electron chi connectivity index (χ0n) is 14.3. The lowest BCUT2D eigenvalue weighted by Gasteiger charge is -2.08. The maximum atomic E-state index is 12.6. The van der Waals surface area contributed by atoms with E-state index >= 15 is 0 Å². The number of carbonyl (C=O) groups excluding carboxylic acids is 1. The number of aromatic nitrogens is 4. The van der Waals surface area contributed by atoms with Crippen molar-refractivity contribution in [1.82, 2.24) is 19.9 Å². The summed E-state index contributed by atoms with van der Waals surface area (Å²) in [6.07, 6.45) is 3.17. The van der Waals surface area contributed by atoms with Crippen molar-refractivity contribution in [3.63, 3.8) is 0 Å². The van der Waals surface area contributed by atoms with E-state index in [1.54, 1.807) is 24.4 Å². The number of hydrogen-bond donors (Lipinski definition) is 4. The molecule has 1 aromatic carbocycles. The molecule has 0 atom stereocenters. The SMILES string of the molecule is Nc1ncc(-c2ccc([SH](=O)=O)cc2)nc1C(=O)Nc1ccc2cc[nH]c2n1. The third kappa shape index (κ3) is 3.40. The van der Waals surface area contributed by atoms with E-state index in [0.717, 1.165) is 5.39 Å². The molecule has 0 aliphatic rings. The molecule has 0 aliphatic carbocycles. The fourth-order valence-electron chi connectivity index (χ4n) is 2.63. The summed E-state index contributed by atoms with van der Waals surface area (Å²) in [5, 5.41) is 3.57. The Morgan fingerprint density at radius 3 is 2.57 bits per heavy atom. The first kappa shape index (κ1) is 17.6. The van der Waals surface area contributed by atoms with Gasteiger partial charge in [-0.25, -0.2) is 23.4 Å². The number of anilines is 2. The number of nitrogen functional groups attached to an aromatic ring is 1. The smallest absolute Gasteiger partial charge is 0.279 e. The Hall–Kier alpha value is -3.79. The van der Waals surface area contributed by atoms with Gasteiger partial charge in [0.15, 0.2) is 22.2 Å². The van der Waals surface area contributed by atoms with Crippen LogP contribution in [0.4, 0.5) is 11.6 Å². The standard InChI is InChI=1S/C18H14N6O3S/c19-16-15(18(25)24-14-6-3-11-7-8-20-17(11)23-14)22-13(9-21-16)10-1-4-12(5-2-10)28(26)27/h1-9,28H,(H2,19,21)(H2,20,23,24,25). The summed E-state index contributed by atoms with van der Waals surface area (Å²) in [6, 6.07) is 11.4. The van der Waals surface area contributed by atoms with Crippen molar-refractivity contribution in [2.24, 2.45) is 0 Å². The number of rotatable bonds is 4. The second-order valence-corrected chi connectivity index (χ2v) is 6.89. The van der Waals surface area contributed by atoms with E-state index in [9.17, 15) is 13.2 Å². The number of nitrogens with one attached hydrogen (secondary N) is 2. The Balaban J connectivity index is 1.63. The van der Waals surface area contributed by atoms with Gasteiger partial charge in [0.05, 0.1) is 16.8 Å². The summed E-state index contributed by atoms with van der Waals surface area (Å²) >= 11 is 0. The van der Waals surface area contributed by atoms with Crippen LogP contribution in [-0.4, -0.2) is 34.3 Å².